The molecular formula is C15H13ClN2O3. The summed E-state index contributed by atoms with van der Waals surface area (Å²) in [4.78, 5) is 11.8. The minimum Gasteiger partial charge on any atom is -0.482 e. The van der Waals surface area contributed by atoms with E-state index >= 15 is 0 Å². The monoisotopic (exact) mass is 304 g/mol. The Kier molecular flexibility index (Phi) is 4.85. The zero-order valence-corrected chi connectivity index (χ0v) is 12.1. The number of benzene rings is 1. The summed E-state index contributed by atoms with van der Waals surface area (Å²) in [6, 6.07) is 9.88. The molecule has 0 aliphatic carbocycles. The van der Waals surface area contributed by atoms with Crippen LogP contribution in [0.2, 0.25) is 5.02 Å². The summed E-state index contributed by atoms with van der Waals surface area (Å²) >= 11 is 5.96. The fourth-order valence-electron chi connectivity index (χ4n) is 1.72. The minimum absolute atomic E-state index is 0.170. The van der Waals surface area contributed by atoms with Gasteiger partial charge in [-0.2, -0.15) is 5.26 Å². The Balaban J connectivity index is 1.88. The summed E-state index contributed by atoms with van der Waals surface area (Å²) < 4.78 is 10.5. The van der Waals surface area contributed by atoms with E-state index in [9.17, 15) is 4.79 Å². The summed E-state index contributed by atoms with van der Waals surface area (Å²) in [5.41, 5.74) is 0.434. The van der Waals surface area contributed by atoms with Gasteiger partial charge in [0.25, 0.3) is 5.91 Å². The number of hydrogen-bond acceptors (Lipinski definition) is 4. The molecule has 1 heterocycles. The van der Waals surface area contributed by atoms with Gasteiger partial charge in [-0.1, -0.05) is 11.6 Å². The average molecular weight is 305 g/mol. The van der Waals surface area contributed by atoms with E-state index < -0.39 is 0 Å². The van der Waals surface area contributed by atoms with E-state index in [0.717, 1.165) is 0 Å². The van der Waals surface area contributed by atoms with Gasteiger partial charge in [-0.15, -0.1) is 0 Å². The number of amides is 1. The quantitative estimate of drug-likeness (QED) is 0.921. The third-order valence-electron chi connectivity index (χ3n) is 2.77. The molecule has 21 heavy (non-hydrogen) atoms. The van der Waals surface area contributed by atoms with Gasteiger partial charge in [0.05, 0.1) is 29.0 Å². The lowest BCUT2D eigenvalue weighted by Crippen LogP contribution is -2.31. The van der Waals surface area contributed by atoms with Gasteiger partial charge in [-0.25, -0.2) is 0 Å². The maximum Gasteiger partial charge on any atom is 0.258 e. The first-order valence-corrected chi connectivity index (χ1v) is 6.63. The van der Waals surface area contributed by atoms with Crippen LogP contribution in [-0.2, 0) is 4.79 Å². The molecule has 1 atom stereocenters. The van der Waals surface area contributed by atoms with Crippen molar-refractivity contribution in [1.29, 1.82) is 5.26 Å². The molecule has 2 rings (SSSR count). The lowest BCUT2D eigenvalue weighted by Gasteiger charge is -2.12. The van der Waals surface area contributed by atoms with E-state index in [2.05, 4.69) is 5.32 Å². The van der Waals surface area contributed by atoms with Crippen LogP contribution in [0.25, 0.3) is 0 Å². The Hall–Kier alpha value is -2.45. The Morgan fingerprint density at radius 1 is 1.52 bits per heavy atom. The topological polar surface area (TPSA) is 75.3 Å². The highest BCUT2D eigenvalue weighted by molar-refractivity contribution is 6.32. The highest BCUT2D eigenvalue weighted by Gasteiger charge is 2.13. The van der Waals surface area contributed by atoms with Gasteiger partial charge < -0.3 is 14.5 Å². The number of nitrogens with one attached hydrogen (secondary N) is 1. The minimum atomic E-state index is -0.292. The fraction of sp³-hybridized carbons (Fsp3) is 0.200. The molecular weight excluding hydrogens is 292 g/mol. The van der Waals surface area contributed by atoms with E-state index in [-0.39, 0.29) is 18.6 Å². The zero-order chi connectivity index (χ0) is 15.2. The van der Waals surface area contributed by atoms with Crippen LogP contribution in [0.15, 0.2) is 41.0 Å². The molecule has 0 spiro atoms. The number of carbonyl (C=O) groups is 1. The number of rotatable bonds is 5. The summed E-state index contributed by atoms with van der Waals surface area (Å²) in [5.74, 6) is 0.732. The Labute approximate surface area is 127 Å². The van der Waals surface area contributed by atoms with Gasteiger partial charge in [0.2, 0.25) is 0 Å². The fourth-order valence-corrected chi connectivity index (χ4v) is 1.96. The molecule has 0 radical (unpaired) electrons. The van der Waals surface area contributed by atoms with Crippen molar-refractivity contribution in [1.82, 2.24) is 5.32 Å². The first kappa shape index (κ1) is 14.9. The van der Waals surface area contributed by atoms with Crippen LogP contribution in [0.5, 0.6) is 5.75 Å². The first-order valence-electron chi connectivity index (χ1n) is 6.25. The zero-order valence-electron chi connectivity index (χ0n) is 11.3. The molecule has 0 unspecified atom stereocenters. The lowest BCUT2D eigenvalue weighted by atomic mass is 10.2. The van der Waals surface area contributed by atoms with Crippen LogP contribution in [-0.4, -0.2) is 12.5 Å². The Morgan fingerprint density at radius 3 is 2.95 bits per heavy atom. The van der Waals surface area contributed by atoms with Crippen molar-refractivity contribution >= 4 is 17.5 Å². The molecule has 1 N–H and O–H groups in total. The van der Waals surface area contributed by atoms with Crippen LogP contribution in [0.3, 0.4) is 0 Å². The second-order valence-corrected chi connectivity index (χ2v) is 4.76. The molecule has 1 amide bonds. The van der Waals surface area contributed by atoms with Crippen LogP contribution in [0, 0.1) is 11.3 Å². The smallest absolute Gasteiger partial charge is 0.258 e. The number of ether oxygens (including phenoxy) is 1. The molecule has 0 aliphatic heterocycles. The van der Waals surface area contributed by atoms with Crippen molar-refractivity contribution in [3.63, 3.8) is 0 Å². The maximum atomic E-state index is 11.8. The van der Waals surface area contributed by atoms with Gasteiger partial charge in [-0.3, -0.25) is 4.79 Å². The van der Waals surface area contributed by atoms with Gasteiger partial charge in [0.15, 0.2) is 6.61 Å². The SMILES string of the molecule is C[C@H](NC(=O)COc1ccc(C#N)cc1Cl)c1ccco1. The third kappa shape index (κ3) is 4.01. The van der Waals surface area contributed by atoms with Crippen molar-refractivity contribution in [2.24, 2.45) is 0 Å². The molecule has 0 fully saturated rings. The molecule has 1 aromatic carbocycles. The molecule has 0 saturated heterocycles. The van der Waals surface area contributed by atoms with Crippen LogP contribution in [0.1, 0.15) is 24.3 Å². The normalized spacial score (nSPS) is 11.5. The highest BCUT2D eigenvalue weighted by atomic mass is 35.5. The number of carbonyl (C=O) groups excluding carboxylic acids is 1. The van der Waals surface area contributed by atoms with Crippen LogP contribution < -0.4 is 10.1 Å². The van der Waals surface area contributed by atoms with Crippen molar-refractivity contribution < 1.29 is 13.9 Å². The van der Waals surface area contributed by atoms with E-state index in [1.807, 2.05) is 13.0 Å². The third-order valence-corrected chi connectivity index (χ3v) is 3.06. The molecule has 0 saturated carbocycles. The number of nitriles is 1. The Bertz CT molecular complexity index is 662. The maximum absolute atomic E-state index is 11.8. The second kappa shape index (κ2) is 6.82. The van der Waals surface area contributed by atoms with E-state index in [1.54, 1.807) is 30.5 Å². The number of nitrogens with zero attached hydrogens (tertiary/aromatic N) is 1. The molecule has 0 bridgehead atoms. The number of furan rings is 1. The molecule has 5 nitrogen and oxygen atoms in total. The largest absolute Gasteiger partial charge is 0.482 e. The van der Waals surface area contributed by atoms with E-state index in [4.69, 9.17) is 26.0 Å². The van der Waals surface area contributed by atoms with Crippen LogP contribution in [0.4, 0.5) is 0 Å². The summed E-state index contributed by atoms with van der Waals surface area (Å²) in [7, 11) is 0. The summed E-state index contributed by atoms with van der Waals surface area (Å²) in [6.45, 7) is 1.64. The molecule has 108 valence electrons. The lowest BCUT2D eigenvalue weighted by molar-refractivity contribution is -0.123. The predicted molar refractivity (Wildman–Crippen MR) is 76.9 cm³/mol. The first-order chi connectivity index (χ1) is 10.1. The van der Waals surface area contributed by atoms with Crippen molar-refractivity contribution in [2.45, 2.75) is 13.0 Å². The predicted octanol–water partition coefficient (Wildman–Crippen LogP) is 3.06. The standard InChI is InChI=1S/C15H13ClN2O3/c1-10(13-3-2-6-20-13)18-15(19)9-21-14-5-4-11(8-17)7-12(14)16/h2-7,10H,9H2,1H3,(H,18,19)/t10-/m0/s1. The van der Waals surface area contributed by atoms with Crippen LogP contribution >= 0.6 is 11.6 Å². The molecule has 6 heteroatoms. The summed E-state index contributed by atoms with van der Waals surface area (Å²) in [6.07, 6.45) is 1.55. The number of hydrogen-bond donors (Lipinski definition) is 1. The van der Waals surface area contributed by atoms with Gasteiger partial charge >= 0.3 is 0 Å². The molecule has 1 aromatic heterocycles. The number of halogens is 1. The molecule has 2 aromatic rings. The summed E-state index contributed by atoms with van der Waals surface area (Å²) in [5, 5.41) is 11.8. The van der Waals surface area contributed by atoms with Crippen molar-refractivity contribution in [3.05, 3.63) is 52.9 Å². The van der Waals surface area contributed by atoms with E-state index in [0.29, 0.717) is 22.1 Å². The highest BCUT2D eigenvalue weighted by Crippen LogP contribution is 2.25. The second-order valence-electron chi connectivity index (χ2n) is 4.35. The average Bonchev–Trinajstić information content (AvgIpc) is 3.00. The van der Waals surface area contributed by atoms with Crippen molar-refractivity contribution in [3.8, 4) is 11.8 Å². The Morgan fingerprint density at radius 2 is 2.33 bits per heavy atom. The van der Waals surface area contributed by atoms with Gasteiger partial charge in [-0.05, 0) is 37.3 Å². The van der Waals surface area contributed by atoms with Crippen molar-refractivity contribution in [2.75, 3.05) is 6.61 Å². The van der Waals surface area contributed by atoms with E-state index in [1.165, 1.54) is 6.07 Å². The molecule has 0 aliphatic rings. The van der Waals surface area contributed by atoms with Gasteiger partial charge in [0, 0.05) is 0 Å². The van der Waals surface area contributed by atoms with Gasteiger partial charge in [0.1, 0.15) is 11.5 Å².